The Hall–Kier alpha value is -1.61. The van der Waals surface area contributed by atoms with Gasteiger partial charge in [-0.25, -0.2) is 0 Å². The molecule has 1 fully saturated rings. The number of aliphatic hydroxyl groups is 1. The van der Waals surface area contributed by atoms with E-state index in [9.17, 15) is 9.90 Å². The van der Waals surface area contributed by atoms with E-state index in [0.717, 1.165) is 31.2 Å². The number of carbonyl (C=O) groups is 1. The molecule has 1 aliphatic rings. The van der Waals surface area contributed by atoms with Crippen molar-refractivity contribution in [2.45, 2.75) is 44.8 Å². The number of nitrogens with one attached hydrogen (secondary N) is 1. The van der Waals surface area contributed by atoms with Crippen LogP contribution in [-0.2, 0) is 4.79 Å². The number of carbonyl (C=O) groups excluding carboxylic acids is 1. The van der Waals surface area contributed by atoms with E-state index in [1.807, 2.05) is 31.2 Å². The summed E-state index contributed by atoms with van der Waals surface area (Å²) in [6.45, 7) is 2.02. The Kier molecular flexibility index (Phi) is 4.74. The maximum absolute atomic E-state index is 11.8. The Morgan fingerprint density at radius 2 is 2.16 bits per heavy atom. The molecule has 19 heavy (non-hydrogen) atoms. The molecule has 2 rings (SSSR count). The monoisotopic (exact) mass is 259 g/mol. The zero-order valence-electron chi connectivity index (χ0n) is 11.3. The van der Waals surface area contributed by atoms with Crippen LogP contribution in [0.4, 0.5) is 0 Å². The molecular weight excluding hydrogens is 238 g/mol. The number of hydrogen-bond acceptors (Lipinski definition) is 2. The van der Waals surface area contributed by atoms with Crippen LogP contribution in [0.3, 0.4) is 0 Å². The third-order valence-electron chi connectivity index (χ3n) is 3.53. The van der Waals surface area contributed by atoms with E-state index >= 15 is 0 Å². The van der Waals surface area contributed by atoms with Crippen molar-refractivity contribution < 1.29 is 9.90 Å². The maximum Gasteiger partial charge on any atom is 0.244 e. The lowest BCUT2D eigenvalue weighted by Gasteiger charge is -2.27. The molecule has 0 aromatic heterocycles. The Morgan fingerprint density at radius 1 is 1.37 bits per heavy atom. The summed E-state index contributed by atoms with van der Waals surface area (Å²) < 4.78 is 0. The van der Waals surface area contributed by atoms with E-state index < -0.39 is 6.10 Å². The lowest BCUT2D eigenvalue weighted by molar-refractivity contribution is -0.118. The number of hydrogen-bond donors (Lipinski definition) is 2. The van der Waals surface area contributed by atoms with Gasteiger partial charge in [-0.3, -0.25) is 4.79 Å². The van der Waals surface area contributed by atoms with Gasteiger partial charge in [0.2, 0.25) is 5.91 Å². The second kappa shape index (κ2) is 6.53. The van der Waals surface area contributed by atoms with Gasteiger partial charge in [0.05, 0.1) is 12.1 Å². The van der Waals surface area contributed by atoms with E-state index in [1.54, 1.807) is 6.08 Å². The molecule has 1 saturated carbocycles. The summed E-state index contributed by atoms with van der Waals surface area (Å²) in [7, 11) is 0. The molecule has 0 saturated heterocycles. The fourth-order valence-electron chi connectivity index (χ4n) is 2.46. The average molecular weight is 259 g/mol. The first-order valence-corrected chi connectivity index (χ1v) is 6.88. The van der Waals surface area contributed by atoms with Crippen LogP contribution in [0.25, 0.3) is 6.08 Å². The van der Waals surface area contributed by atoms with Crippen molar-refractivity contribution in [3.05, 3.63) is 41.5 Å². The summed E-state index contributed by atoms with van der Waals surface area (Å²) in [5.41, 5.74) is 2.18. The lowest BCUT2D eigenvalue weighted by atomic mass is 9.92. The normalized spacial score (nSPS) is 23.5. The first-order chi connectivity index (χ1) is 9.15. The minimum Gasteiger partial charge on any atom is -0.391 e. The molecule has 0 bridgehead atoms. The summed E-state index contributed by atoms with van der Waals surface area (Å²) in [6, 6.07) is 7.89. The van der Waals surface area contributed by atoms with Crippen LogP contribution >= 0.6 is 0 Å². The van der Waals surface area contributed by atoms with Crippen molar-refractivity contribution in [2.75, 3.05) is 0 Å². The van der Waals surface area contributed by atoms with Crippen LogP contribution in [0.1, 0.15) is 36.8 Å². The second-order valence-corrected chi connectivity index (χ2v) is 5.21. The largest absolute Gasteiger partial charge is 0.391 e. The molecule has 1 aliphatic carbocycles. The topological polar surface area (TPSA) is 49.3 Å². The van der Waals surface area contributed by atoms with Crippen molar-refractivity contribution >= 4 is 12.0 Å². The highest BCUT2D eigenvalue weighted by Gasteiger charge is 2.23. The maximum atomic E-state index is 11.8. The number of rotatable bonds is 3. The van der Waals surface area contributed by atoms with Crippen LogP contribution in [0.2, 0.25) is 0 Å². The van der Waals surface area contributed by atoms with Crippen LogP contribution in [0.15, 0.2) is 30.3 Å². The predicted molar refractivity (Wildman–Crippen MR) is 76.6 cm³/mol. The van der Waals surface area contributed by atoms with Crippen molar-refractivity contribution in [1.82, 2.24) is 5.32 Å². The summed E-state index contributed by atoms with van der Waals surface area (Å²) in [5.74, 6) is -0.132. The minimum absolute atomic E-state index is 0.0941. The van der Waals surface area contributed by atoms with Crippen molar-refractivity contribution in [2.24, 2.45) is 0 Å². The van der Waals surface area contributed by atoms with Gasteiger partial charge in [-0.05, 0) is 31.4 Å². The van der Waals surface area contributed by atoms with Gasteiger partial charge < -0.3 is 10.4 Å². The fourth-order valence-corrected chi connectivity index (χ4v) is 2.46. The molecule has 1 aromatic rings. The van der Waals surface area contributed by atoms with Gasteiger partial charge in [-0.1, -0.05) is 42.7 Å². The van der Waals surface area contributed by atoms with Gasteiger partial charge in [0.1, 0.15) is 0 Å². The van der Waals surface area contributed by atoms with Crippen LogP contribution in [0, 0.1) is 6.92 Å². The molecule has 0 radical (unpaired) electrons. The summed E-state index contributed by atoms with van der Waals surface area (Å²) in [5, 5.41) is 12.7. The summed E-state index contributed by atoms with van der Waals surface area (Å²) >= 11 is 0. The highest BCUT2D eigenvalue weighted by atomic mass is 16.3. The predicted octanol–water partition coefficient (Wildman–Crippen LogP) is 2.43. The molecule has 102 valence electrons. The third kappa shape index (κ3) is 4.21. The first kappa shape index (κ1) is 13.8. The zero-order chi connectivity index (χ0) is 13.7. The highest BCUT2D eigenvalue weighted by molar-refractivity contribution is 5.91. The summed E-state index contributed by atoms with van der Waals surface area (Å²) in [6.07, 6.45) is 6.71. The summed E-state index contributed by atoms with van der Waals surface area (Å²) in [4.78, 5) is 11.8. The molecule has 3 nitrogen and oxygen atoms in total. The van der Waals surface area contributed by atoms with Gasteiger partial charge in [-0.2, -0.15) is 0 Å². The van der Waals surface area contributed by atoms with Crippen molar-refractivity contribution in [1.29, 1.82) is 0 Å². The smallest absolute Gasteiger partial charge is 0.244 e. The first-order valence-electron chi connectivity index (χ1n) is 6.88. The SMILES string of the molecule is Cc1cccc(/C=C/C(=O)NC2CCCCC2O)c1. The highest BCUT2D eigenvalue weighted by Crippen LogP contribution is 2.18. The molecule has 3 heteroatoms. The third-order valence-corrected chi connectivity index (χ3v) is 3.53. The standard InChI is InChI=1S/C16H21NO2/c1-12-5-4-6-13(11-12)9-10-16(19)17-14-7-2-3-8-15(14)18/h4-6,9-11,14-15,18H,2-3,7-8H2,1H3,(H,17,19)/b10-9+. The quantitative estimate of drug-likeness (QED) is 0.819. The molecule has 2 atom stereocenters. The Balaban J connectivity index is 1.90. The molecular formula is C16H21NO2. The molecule has 1 amide bonds. The molecule has 2 N–H and O–H groups in total. The molecule has 0 spiro atoms. The number of amides is 1. The van der Waals surface area contributed by atoms with Gasteiger partial charge in [-0.15, -0.1) is 0 Å². The van der Waals surface area contributed by atoms with E-state index in [-0.39, 0.29) is 11.9 Å². The van der Waals surface area contributed by atoms with E-state index in [4.69, 9.17) is 0 Å². The molecule has 2 unspecified atom stereocenters. The van der Waals surface area contributed by atoms with Gasteiger partial charge in [0.15, 0.2) is 0 Å². The van der Waals surface area contributed by atoms with Crippen LogP contribution in [-0.4, -0.2) is 23.2 Å². The van der Waals surface area contributed by atoms with E-state index in [0.29, 0.717) is 0 Å². The van der Waals surface area contributed by atoms with Gasteiger partial charge in [0.25, 0.3) is 0 Å². The van der Waals surface area contributed by atoms with Crippen LogP contribution < -0.4 is 5.32 Å². The van der Waals surface area contributed by atoms with E-state index in [1.165, 1.54) is 11.6 Å². The fraction of sp³-hybridized carbons (Fsp3) is 0.438. The average Bonchev–Trinajstić information content (AvgIpc) is 2.39. The Labute approximate surface area is 114 Å². The van der Waals surface area contributed by atoms with Gasteiger partial charge in [0, 0.05) is 6.08 Å². The van der Waals surface area contributed by atoms with Gasteiger partial charge >= 0.3 is 0 Å². The number of aliphatic hydroxyl groups excluding tert-OH is 1. The Morgan fingerprint density at radius 3 is 2.89 bits per heavy atom. The minimum atomic E-state index is -0.398. The lowest BCUT2D eigenvalue weighted by Crippen LogP contribution is -2.44. The number of aryl methyl sites for hydroxylation is 1. The van der Waals surface area contributed by atoms with E-state index in [2.05, 4.69) is 5.32 Å². The van der Waals surface area contributed by atoms with Crippen molar-refractivity contribution in [3.63, 3.8) is 0 Å². The molecule has 1 aromatic carbocycles. The molecule has 0 heterocycles. The number of benzene rings is 1. The Bertz CT molecular complexity index is 468. The second-order valence-electron chi connectivity index (χ2n) is 5.21. The van der Waals surface area contributed by atoms with Crippen molar-refractivity contribution in [3.8, 4) is 0 Å². The molecule has 0 aliphatic heterocycles. The zero-order valence-corrected chi connectivity index (χ0v) is 11.3. The van der Waals surface area contributed by atoms with Crippen LogP contribution in [0.5, 0.6) is 0 Å².